The molecular formula is C12H24N2O4. The number of nitrogens with one attached hydrogen (secondary N) is 1. The first-order chi connectivity index (χ1) is 8.56. The summed E-state index contributed by atoms with van der Waals surface area (Å²) >= 11 is 0. The van der Waals surface area contributed by atoms with Gasteiger partial charge in [0.15, 0.2) is 0 Å². The van der Waals surface area contributed by atoms with Crippen molar-refractivity contribution in [2.24, 2.45) is 5.73 Å². The van der Waals surface area contributed by atoms with E-state index in [-0.39, 0.29) is 24.3 Å². The molecular weight excluding hydrogens is 236 g/mol. The highest BCUT2D eigenvalue weighted by Gasteiger charge is 2.03. The first kappa shape index (κ1) is 16.9. The van der Waals surface area contributed by atoms with E-state index >= 15 is 0 Å². The van der Waals surface area contributed by atoms with Crippen molar-refractivity contribution in [3.63, 3.8) is 0 Å². The second kappa shape index (κ2) is 11.0. The number of hydrogen-bond acceptors (Lipinski definition) is 4. The van der Waals surface area contributed by atoms with Gasteiger partial charge in [-0.25, -0.2) is 0 Å². The van der Waals surface area contributed by atoms with E-state index in [1.54, 1.807) is 0 Å². The smallest absolute Gasteiger partial charge is 0.222 e. The third-order valence-corrected chi connectivity index (χ3v) is 2.37. The lowest BCUT2D eigenvalue weighted by Gasteiger charge is -2.10. The van der Waals surface area contributed by atoms with Crippen LogP contribution in [0.2, 0.25) is 0 Å². The number of rotatable bonds is 11. The summed E-state index contributed by atoms with van der Waals surface area (Å²) in [5.74, 6) is -0.446. The largest absolute Gasteiger partial charge is 0.379 e. The molecule has 2 amide bonds. The fourth-order valence-electron chi connectivity index (χ4n) is 1.10. The summed E-state index contributed by atoms with van der Waals surface area (Å²) in [6.45, 7) is 5.55. The first-order valence-electron chi connectivity index (χ1n) is 6.30. The Morgan fingerprint density at radius 2 is 1.94 bits per heavy atom. The molecule has 0 aliphatic heterocycles. The van der Waals surface area contributed by atoms with Gasteiger partial charge in [-0.15, -0.1) is 0 Å². The van der Waals surface area contributed by atoms with Crippen LogP contribution >= 0.6 is 0 Å². The van der Waals surface area contributed by atoms with Gasteiger partial charge in [-0.1, -0.05) is 6.92 Å². The first-order valence-corrected chi connectivity index (χ1v) is 6.30. The Balaban J connectivity index is 3.29. The predicted molar refractivity (Wildman–Crippen MR) is 68.0 cm³/mol. The quantitative estimate of drug-likeness (QED) is 0.519. The van der Waals surface area contributed by atoms with Gasteiger partial charge in [-0.2, -0.15) is 0 Å². The molecule has 6 heteroatoms. The normalized spacial score (nSPS) is 12.1. The molecule has 0 aliphatic rings. The summed E-state index contributed by atoms with van der Waals surface area (Å²) in [5.41, 5.74) is 4.94. The highest BCUT2D eigenvalue weighted by Crippen LogP contribution is 1.96. The lowest BCUT2D eigenvalue weighted by Crippen LogP contribution is -2.28. The standard InChI is InChI=1S/C12H24N2O4/c1-3-10(2)18-8-5-12(16)14-6-9-17-7-4-11(13)15/h10H,3-9H2,1-2H3,(H2,13,15)(H,14,16). The number of amides is 2. The van der Waals surface area contributed by atoms with E-state index in [0.29, 0.717) is 32.8 Å². The average Bonchev–Trinajstić information content (AvgIpc) is 2.33. The van der Waals surface area contributed by atoms with Crippen molar-refractivity contribution >= 4 is 11.8 Å². The summed E-state index contributed by atoms with van der Waals surface area (Å²) in [7, 11) is 0. The molecule has 0 saturated heterocycles. The van der Waals surface area contributed by atoms with Crippen LogP contribution < -0.4 is 11.1 Å². The van der Waals surface area contributed by atoms with E-state index in [4.69, 9.17) is 15.2 Å². The summed E-state index contributed by atoms with van der Waals surface area (Å²) in [6.07, 6.45) is 1.69. The molecule has 0 radical (unpaired) electrons. The molecule has 0 aromatic rings. The summed E-state index contributed by atoms with van der Waals surface area (Å²) in [6, 6.07) is 0. The summed E-state index contributed by atoms with van der Waals surface area (Å²) in [4.78, 5) is 21.7. The second-order valence-corrected chi connectivity index (χ2v) is 4.02. The molecule has 3 N–H and O–H groups in total. The minimum Gasteiger partial charge on any atom is -0.379 e. The zero-order chi connectivity index (χ0) is 13.8. The lowest BCUT2D eigenvalue weighted by molar-refractivity contribution is -0.123. The van der Waals surface area contributed by atoms with Crippen molar-refractivity contribution in [2.45, 2.75) is 39.2 Å². The van der Waals surface area contributed by atoms with E-state index in [0.717, 1.165) is 6.42 Å². The zero-order valence-electron chi connectivity index (χ0n) is 11.2. The molecule has 0 fully saturated rings. The van der Waals surface area contributed by atoms with Crippen LogP contribution in [0.5, 0.6) is 0 Å². The van der Waals surface area contributed by atoms with Crippen LogP contribution in [0.3, 0.4) is 0 Å². The second-order valence-electron chi connectivity index (χ2n) is 4.02. The van der Waals surface area contributed by atoms with Crippen LogP contribution in [0.25, 0.3) is 0 Å². The topological polar surface area (TPSA) is 90.7 Å². The van der Waals surface area contributed by atoms with E-state index in [2.05, 4.69) is 5.32 Å². The number of nitrogens with two attached hydrogens (primary N) is 1. The van der Waals surface area contributed by atoms with Gasteiger partial charge >= 0.3 is 0 Å². The van der Waals surface area contributed by atoms with Crippen molar-refractivity contribution in [2.75, 3.05) is 26.4 Å². The molecule has 0 aromatic heterocycles. The molecule has 106 valence electrons. The van der Waals surface area contributed by atoms with Gasteiger partial charge < -0.3 is 20.5 Å². The maximum atomic E-state index is 11.3. The Labute approximate surface area is 108 Å². The van der Waals surface area contributed by atoms with Crippen molar-refractivity contribution in [1.82, 2.24) is 5.32 Å². The molecule has 0 rings (SSSR count). The molecule has 0 aliphatic carbocycles. The fourth-order valence-corrected chi connectivity index (χ4v) is 1.10. The number of hydrogen-bond donors (Lipinski definition) is 2. The van der Waals surface area contributed by atoms with E-state index in [9.17, 15) is 9.59 Å². The molecule has 1 atom stereocenters. The molecule has 18 heavy (non-hydrogen) atoms. The third kappa shape index (κ3) is 11.3. The predicted octanol–water partition coefficient (Wildman–Crippen LogP) is 0.200. The Bertz CT molecular complexity index is 246. The van der Waals surface area contributed by atoms with Gasteiger partial charge in [-0.05, 0) is 13.3 Å². The highest BCUT2D eigenvalue weighted by atomic mass is 16.5. The van der Waals surface area contributed by atoms with E-state index in [1.807, 2.05) is 13.8 Å². The number of ether oxygens (including phenoxy) is 2. The zero-order valence-corrected chi connectivity index (χ0v) is 11.2. The fraction of sp³-hybridized carbons (Fsp3) is 0.833. The van der Waals surface area contributed by atoms with Crippen molar-refractivity contribution in [1.29, 1.82) is 0 Å². The van der Waals surface area contributed by atoms with E-state index in [1.165, 1.54) is 0 Å². The van der Waals surface area contributed by atoms with Crippen molar-refractivity contribution in [3.05, 3.63) is 0 Å². The number of carbonyl (C=O) groups excluding carboxylic acids is 2. The molecule has 0 aromatic carbocycles. The maximum absolute atomic E-state index is 11.3. The molecule has 0 saturated carbocycles. The Morgan fingerprint density at radius 1 is 1.22 bits per heavy atom. The van der Waals surface area contributed by atoms with Crippen LogP contribution in [0.1, 0.15) is 33.1 Å². The van der Waals surface area contributed by atoms with Gasteiger partial charge in [0, 0.05) is 19.4 Å². The van der Waals surface area contributed by atoms with Crippen molar-refractivity contribution < 1.29 is 19.1 Å². The van der Waals surface area contributed by atoms with Gasteiger partial charge in [0.2, 0.25) is 11.8 Å². The Morgan fingerprint density at radius 3 is 2.56 bits per heavy atom. The van der Waals surface area contributed by atoms with Crippen LogP contribution in [0, 0.1) is 0 Å². The van der Waals surface area contributed by atoms with Gasteiger partial charge in [0.25, 0.3) is 0 Å². The van der Waals surface area contributed by atoms with Crippen LogP contribution in [-0.2, 0) is 19.1 Å². The SMILES string of the molecule is CCC(C)OCCC(=O)NCCOCCC(N)=O. The molecule has 1 unspecified atom stereocenters. The molecule has 0 bridgehead atoms. The van der Waals surface area contributed by atoms with Crippen LogP contribution in [0.4, 0.5) is 0 Å². The van der Waals surface area contributed by atoms with Gasteiger partial charge in [0.1, 0.15) is 0 Å². The minimum atomic E-state index is -0.388. The molecule has 0 spiro atoms. The summed E-state index contributed by atoms with van der Waals surface area (Å²) in [5, 5.41) is 2.70. The minimum absolute atomic E-state index is 0.0585. The van der Waals surface area contributed by atoms with Crippen LogP contribution in [-0.4, -0.2) is 44.3 Å². The van der Waals surface area contributed by atoms with Crippen LogP contribution in [0.15, 0.2) is 0 Å². The highest BCUT2D eigenvalue weighted by molar-refractivity contribution is 5.75. The molecule has 0 heterocycles. The van der Waals surface area contributed by atoms with E-state index < -0.39 is 0 Å². The Hall–Kier alpha value is -1.14. The maximum Gasteiger partial charge on any atom is 0.222 e. The Kier molecular flexibility index (Phi) is 10.3. The van der Waals surface area contributed by atoms with Gasteiger partial charge in [-0.3, -0.25) is 9.59 Å². The summed E-state index contributed by atoms with van der Waals surface area (Å²) < 4.78 is 10.5. The van der Waals surface area contributed by atoms with Gasteiger partial charge in [0.05, 0.1) is 25.9 Å². The number of primary amides is 1. The monoisotopic (exact) mass is 260 g/mol. The lowest BCUT2D eigenvalue weighted by atomic mass is 10.3. The average molecular weight is 260 g/mol. The third-order valence-electron chi connectivity index (χ3n) is 2.37. The number of carbonyl (C=O) groups is 2. The van der Waals surface area contributed by atoms with Crippen molar-refractivity contribution in [3.8, 4) is 0 Å². The molecule has 6 nitrogen and oxygen atoms in total.